The summed E-state index contributed by atoms with van der Waals surface area (Å²) in [7, 11) is 0. The lowest BCUT2D eigenvalue weighted by molar-refractivity contribution is 0.521. The summed E-state index contributed by atoms with van der Waals surface area (Å²) in [5.41, 5.74) is 10.8. The van der Waals surface area contributed by atoms with Crippen LogP contribution < -0.4 is 0 Å². The molecule has 0 bridgehead atoms. The highest BCUT2D eigenvalue weighted by molar-refractivity contribution is 5.94. The summed E-state index contributed by atoms with van der Waals surface area (Å²) in [5, 5.41) is 0. The molecule has 24 heavy (non-hydrogen) atoms. The van der Waals surface area contributed by atoms with Crippen molar-refractivity contribution in [1.29, 1.82) is 0 Å². The van der Waals surface area contributed by atoms with Crippen LogP contribution in [-0.2, 0) is 6.42 Å². The maximum absolute atomic E-state index is 5.86. The Morgan fingerprint density at radius 2 is 1.67 bits per heavy atom. The molecule has 0 radical (unpaired) electrons. The normalized spacial score (nSPS) is 13.1. The molecule has 0 saturated heterocycles. The lowest BCUT2D eigenvalue weighted by atomic mass is 9.88. The van der Waals surface area contributed by atoms with E-state index in [0.29, 0.717) is 0 Å². The molecule has 3 aromatic rings. The molecule has 0 saturated carbocycles. The van der Waals surface area contributed by atoms with Crippen LogP contribution in [0.2, 0.25) is 0 Å². The molecule has 0 spiro atoms. The van der Waals surface area contributed by atoms with E-state index >= 15 is 0 Å². The second-order valence-corrected chi connectivity index (χ2v) is 6.84. The van der Waals surface area contributed by atoms with E-state index in [-0.39, 0.29) is 0 Å². The minimum Gasteiger partial charge on any atom is -0.462 e. The first-order valence-corrected chi connectivity index (χ1v) is 8.51. The largest absolute Gasteiger partial charge is 0.462 e. The van der Waals surface area contributed by atoms with Gasteiger partial charge in [0.1, 0.15) is 11.5 Å². The molecule has 4 rings (SSSR count). The molecule has 1 aliphatic rings. The van der Waals surface area contributed by atoms with Gasteiger partial charge in [0.2, 0.25) is 0 Å². The number of benzene rings is 2. The zero-order valence-corrected chi connectivity index (χ0v) is 14.7. The van der Waals surface area contributed by atoms with Gasteiger partial charge in [-0.3, -0.25) is 0 Å². The fourth-order valence-corrected chi connectivity index (χ4v) is 3.71. The second kappa shape index (κ2) is 5.52. The van der Waals surface area contributed by atoms with Crippen LogP contribution in [0, 0.1) is 27.7 Å². The van der Waals surface area contributed by atoms with Crippen LogP contribution >= 0.6 is 0 Å². The number of rotatable bonds is 2. The maximum atomic E-state index is 5.86. The molecule has 1 aromatic heterocycles. The predicted octanol–water partition coefficient (Wildman–Crippen LogP) is 6.28. The van der Waals surface area contributed by atoms with E-state index in [1.807, 2.05) is 13.0 Å². The number of allylic oxidation sites excluding steroid dienone is 1. The topological polar surface area (TPSA) is 13.1 Å². The fraction of sp³-hybridized carbons (Fsp3) is 0.217. The van der Waals surface area contributed by atoms with Crippen LogP contribution in [0.15, 0.2) is 46.9 Å². The van der Waals surface area contributed by atoms with Crippen LogP contribution in [0.4, 0.5) is 0 Å². The molecule has 0 atom stereocenters. The highest BCUT2D eigenvalue weighted by Gasteiger charge is 2.22. The Morgan fingerprint density at radius 3 is 2.38 bits per heavy atom. The van der Waals surface area contributed by atoms with Crippen molar-refractivity contribution >= 4 is 11.6 Å². The average Bonchev–Trinajstić information content (AvgIpc) is 3.16. The molecule has 0 fully saturated rings. The zero-order chi connectivity index (χ0) is 16.8. The third-order valence-corrected chi connectivity index (χ3v) is 5.14. The predicted molar refractivity (Wildman–Crippen MR) is 101 cm³/mol. The smallest absolute Gasteiger partial charge is 0.130 e. The fourth-order valence-electron chi connectivity index (χ4n) is 3.71. The first-order chi connectivity index (χ1) is 11.5. The third kappa shape index (κ3) is 2.32. The van der Waals surface area contributed by atoms with E-state index in [1.165, 1.54) is 44.5 Å². The van der Waals surface area contributed by atoms with Gasteiger partial charge in [0.25, 0.3) is 0 Å². The number of furan rings is 1. The maximum Gasteiger partial charge on any atom is 0.130 e. The molecule has 2 aromatic carbocycles. The number of fused-ring (bicyclic) bond motifs is 1. The summed E-state index contributed by atoms with van der Waals surface area (Å²) >= 11 is 0. The summed E-state index contributed by atoms with van der Waals surface area (Å²) in [6, 6.07) is 15.1. The summed E-state index contributed by atoms with van der Waals surface area (Å²) in [5.74, 6) is 1.96. The molecule has 0 N–H and O–H groups in total. The minimum atomic E-state index is 0.947. The van der Waals surface area contributed by atoms with Crippen LogP contribution in [0.1, 0.15) is 39.3 Å². The summed E-state index contributed by atoms with van der Waals surface area (Å²) < 4.78 is 5.86. The van der Waals surface area contributed by atoms with Crippen molar-refractivity contribution in [2.24, 2.45) is 0 Å². The van der Waals surface area contributed by atoms with Gasteiger partial charge in [-0.1, -0.05) is 30.3 Å². The molecule has 1 heterocycles. The standard InChI is InChI=1S/C23H22O/c1-14-7-5-6-8-20(14)23-17(4)15(2)11-18-12-19(13-21(18)23)22-10-9-16(3)24-22/h5-11,13H,12H2,1-4H3. The van der Waals surface area contributed by atoms with Crippen molar-refractivity contribution in [3.05, 3.63) is 81.8 Å². The summed E-state index contributed by atoms with van der Waals surface area (Å²) in [4.78, 5) is 0. The number of aryl methyl sites for hydroxylation is 3. The first kappa shape index (κ1) is 15.0. The lowest BCUT2D eigenvalue weighted by Crippen LogP contribution is -1.96. The van der Waals surface area contributed by atoms with Gasteiger partial charge in [-0.05, 0) is 90.4 Å². The lowest BCUT2D eigenvalue weighted by Gasteiger charge is -2.16. The van der Waals surface area contributed by atoms with Gasteiger partial charge in [0, 0.05) is 6.42 Å². The SMILES string of the molecule is Cc1ccc(C2=Cc3c(cc(C)c(C)c3-c3ccccc3C)C2)o1. The highest BCUT2D eigenvalue weighted by atomic mass is 16.3. The van der Waals surface area contributed by atoms with Crippen LogP contribution in [0.25, 0.3) is 22.8 Å². The zero-order valence-electron chi connectivity index (χ0n) is 14.7. The second-order valence-electron chi connectivity index (χ2n) is 6.84. The van der Waals surface area contributed by atoms with Gasteiger partial charge >= 0.3 is 0 Å². The molecule has 1 nitrogen and oxygen atoms in total. The molecular weight excluding hydrogens is 292 g/mol. The van der Waals surface area contributed by atoms with E-state index in [9.17, 15) is 0 Å². The Hall–Kier alpha value is -2.54. The number of hydrogen-bond donors (Lipinski definition) is 0. The average molecular weight is 314 g/mol. The molecular formula is C23H22O. The van der Waals surface area contributed by atoms with Crippen molar-refractivity contribution in [1.82, 2.24) is 0 Å². The van der Waals surface area contributed by atoms with Gasteiger partial charge in [-0.15, -0.1) is 0 Å². The molecule has 0 amide bonds. The van der Waals surface area contributed by atoms with Crippen LogP contribution in [0.5, 0.6) is 0 Å². The van der Waals surface area contributed by atoms with E-state index in [2.05, 4.69) is 63.2 Å². The monoisotopic (exact) mass is 314 g/mol. The first-order valence-electron chi connectivity index (χ1n) is 8.51. The molecule has 0 aliphatic heterocycles. The van der Waals surface area contributed by atoms with Crippen LogP contribution in [-0.4, -0.2) is 0 Å². The van der Waals surface area contributed by atoms with Crippen LogP contribution in [0.3, 0.4) is 0 Å². The molecule has 1 aliphatic carbocycles. The Bertz CT molecular complexity index is 970. The van der Waals surface area contributed by atoms with Crippen molar-refractivity contribution in [3.63, 3.8) is 0 Å². The number of hydrogen-bond acceptors (Lipinski definition) is 1. The van der Waals surface area contributed by atoms with Gasteiger partial charge < -0.3 is 4.42 Å². The molecule has 120 valence electrons. The Balaban J connectivity index is 1.94. The van der Waals surface area contributed by atoms with E-state index in [1.54, 1.807) is 0 Å². The Morgan fingerprint density at radius 1 is 0.875 bits per heavy atom. The van der Waals surface area contributed by atoms with Gasteiger partial charge in [-0.2, -0.15) is 0 Å². The van der Waals surface area contributed by atoms with Crippen molar-refractivity contribution in [2.75, 3.05) is 0 Å². The highest BCUT2D eigenvalue weighted by Crippen LogP contribution is 2.41. The molecule has 0 unspecified atom stereocenters. The quantitative estimate of drug-likeness (QED) is 0.543. The minimum absolute atomic E-state index is 0.947. The summed E-state index contributed by atoms with van der Waals surface area (Å²) in [6.45, 7) is 8.64. The van der Waals surface area contributed by atoms with E-state index in [0.717, 1.165) is 17.9 Å². The van der Waals surface area contributed by atoms with E-state index in [4.69, 9.17) is 4.42 Å². The van der Waals surface area contributed by atoms with Crippen molar-refractivity contribution in [3.8, 4) is 11.1 Å². The van der Waals surface area contributed by atoms with Gasteiger partial charge in [0.15, 0.2) is 0 Å². The van der Waals surface area contributed by atoms with Gasteiger partial charge in [-0.25, -0.2) is 0 Å². The third-order valence-electron chi connectivity index (χ3n) is 5.14. The van der Waals surface area contributed by atoms with E-state index < -0.39 is 0 Å². The Labute approximate surface area is 143 Å². The van der Waals surface area contributed by atoms with Gasteiger partial charge in [0.05, 0.1) is 0 Å². The van der Waals surface area contributed by atoms with Crippen molar-refractivity contribution < 1.29 is 4.42 Å². The molecule has 1 heteroatoms. The Kier molecular flexibility index (Phi) is 3.45. The van der Waals surface area contributed by atoms with Crippen molar-refractivity contribution in [2.45, 2.75) is 34.1 Å². The summed E-state index contributed by atoms with van der Waals surface area (Å²) in [6.07, 6.45) is 3.27.